The number of nitrogens with zero attached hydrogens (tertiary/aromatic N) is 1. The number of nitrogens with one attached hydrogen (secondary N) is 1. The number of likely N-dealkylation sites (tertiary alicyclic amines) is 1. The molecule has 1 N–H and O–H groups in total. The van der Waals surface area contributed by atoms with Gasteiger partial charge >= 0.3 is 6.03 Å². The fourth-order valence-electron chi connectivity index (χ4n) is 1.72. The highest BCUT2D eigenvalue weighted by Gasteiger charge is 2.21. The molecule has 1 saturated heterocycles. The molecule has 0 aromatic rings. The predicted molar refractivity (Wildman–Crippen MR) is 50.2 cm³/mol. The van der Waals surface area contributed by atoms with Crippen LogP contribution < -0.4 is 5.48 Å². The van der Waals surface area contributed by atoms with Crippen LogP contribution in [0.3, 0.4) is 0 Å². The van der Waals surface area contributed by atoms with Crippen LogP contribution in [0.25, 0.3) is 0 Å². The van der Waals surface area contributed by atoms with Crippen molar-refractivity contribution < 1.29 is 9.63 Å². The van der Waals surface area contributed by atoms with E-state index < -0.39 is 0 Å². The number of hydroxylamine groups is 1. The van der Waals surface area contributed by atoms with Gasteiger partial charge in [-0.25, -0.2) is 10.3 Å². The average Bonchev–Trinajstić information content (AvgIpc) is 2.30. The van der Waals surface area contributed by atoms with Gasteiger partial charge in [-0.05, 0) is 19.8 Å². The Labute approximate surface area is 79.2 Å². The number of hydrogen-bond donors (Lipinski definition) is 1. The van der Waals surface area contributed by atoms with Crippen molar-refractivity contribution in [3.63, 3.8) is 0 Å². The summed E-state index contributed by atoms with van der Waals surface area (Å²) in [6.07, 6.45) is 4.64. The molecule has 0 radical (unpaired) electrons. The number of hydrogen-bond acceptors (Lipinski definition) is 2. The van der Waals surface area contributed by atoms with Crippen molar-refractivity contribution in [3.05, 3.63) is 0 Å². The van der Waals surface area contributed by atoms with E-state index >= 15 is 0 Å². The van der Waals surface area contributed by atoms with Crippen molar-refractivity contribution in [1.29, 1.82) is 0 Å². The molecule has 76 valence electrons. The smallest absolute Gasteiger partial charge is 0.320 e. The lowest BCUT2D eigenvalue weighted by atomic mass is 10.1. The van der Waals surface area contributed by atoms with Crippen LogP contribution in [0, 0.1) is 0 Å². The molecule has 4 nitrogen and oxygen atoms in total. The Morgan fingerprint density at radius 3 is 2.92 bits per heavy atom. The molecule has 1 heterocycles. The van der Waals surface area contributed by atoms with Gasteiger partial charge in [0.2, 0.25) is 0 Å². The van der Waals surface area contributed by atoms with Crippen LogP contribution in [0.15, 0.2) is 0 Å². The van der Waals surface area contributed by atoms with Crippen molar-refractivity contribution in [1.82, 2.24) is 10.4 Å². The third-order valence-electron chi connectivity index (χ3n) is 2.50. The van der Waals surface area contributed by atoms with E-state index in [-0.39, 0.29) is 6.03 Å². The Kier molecular flexibility index (Phi) is 4.02. The van der Waals surface area contributed by atoms with E-state index in [0.717, 1.165) is 19.4 Å². The van der Waals surface area contributed by atoms with Crippen LogP contribution >= 0.6 is 0 Å². The van der Waals surface area contributed by atoms with Gasteiger partial charge in [-0.3, -0.25) is 4.84 Å². The maximum absolute atomic E-state index is 11.5. The van der Waals surface area contributed by atoms with Crippen molar-refractivity contribution in [3.8, 4) is 0 Å². The van der Waals surface area contributed by atoms with Crippen LogP contribution in [0.5, 0.6) is 0 Å². The molecule has 1 rings (SSSR count). The third-order valence-corrected chi connectivity index (χ3v) is 2.50. The lowest BCUT2D eigenvalue weighted by Gasteiger charge is -2.26. The van der Waals surface area contributed by atoms with Crippen LogP contribution in [0.1, 0.15) is 32.6 Å². The van der Waals surface area contributed by atoms with Gasteiger partial charge in [0.15, 0.2) is 0 Å². The molecule has 0 saturated carbocycles. The molecule has 1 atom stereocenters. The molecular formula is C9H18N2O2. The summed E-state index contributed by atoms with van der Waals surface area (Å²) in [5, 5.41) is 0. The van der Waals surface area contributed by atoms with Crippen LogP contribution in [0.4, 0.5) is 4.79 Å². The van der Waals surface area contributed by atoms with E-state index in [9.17, 15) is 4.79 Å². The van der Waals surface area contributed by atoms with Gasteiger partial charge in [0.05, 0.1) is 7.11 Å². The first kappa shape index (κ1) is 10.3. The lowest BCUT2D eigenvalue weighted by molar-refractivity contribution is 0.0801. The molecular weight excluding hydrogens is 168 g/mol. The highest BCUT2D eigenvalue weighted by atomic mass is 16.6. The number of amides is 2. The average molecular weight is 186 g/mol. The zero-order chi connectivity index (χ0) is 9.68. The molecule has 1 unspecified atom stereocenters. The molecule has 4 heteroatoms. The quantitative estimate of drug-likeness (QED) is 0.631. The largest absolute Gasteiger partial charge is 0.341 e. The van der Waals surface area contributed by atoms with Gasteiger partial charge < -0.3 is 4.90 Å². The number of carbonyl (C=O) groups is 1. The van der Waals surface area contributed by atoms with Crippen molar-refractivity contribution >= 4 is 6.03 Å². The molecule has 0 aliphatic carbocycles. The van der Waals surface area contributed by atoms with Crippen LogP contribution in [-0.4, -0.2) is 30.6 Å². The minimum absolute atomic E-state index is 0.114. The highest BCUT2D eigenvalue weighted by molar-refractivity contribution is 5.73. The second-order valence-corrected chi connectivity index (χ2v) is 3.50. The molecule has 13 heavy (non-hydrogen) atoms. The molecule has 1 aliphatic heterocycles. The lowest BCUT2D eigenvalue weighted by Crippen LogP contribution is -2.44. The summed E-state index contributed by atoms with van der Waals surface area (Å²) in [6.45, 7) is 2.93. The van der Waals surface area contributed by atoms with E-state index in [1.54, 1.807) is 0 Å². The van der Waals surface area contributed by atoms with E-state index in [1.165, 1.54) is 20.0 Å². The Bertz CT molecular complexity index is 173. The molecule has 0 aromatic heterocycles. The van der Waals surface area contributed by atoms with Crippen molar-refractivity contribution in [2.24, 2.45) is 0 Å². The molecule has 0 spiro atoms. The van der Waals surface area contributed by atoms with E-state index in [1.807, 2.05) is 4.90 Å². The van der Waals surface area contributed by atoms with E-state index in [2.05, 4.69) is 17.2 Å². The summed E-state index contributed by atoms with van der Waals surface area (Å²) < 4.78 is 0. The zero-order valence-corrected chi connectivity index (χ0v) is 8.38. The maximum atomic E-state index is 11.5. The molecule has 1 aliphatic rings. The summed E-state index contributed by atoms with van der Waals surface area (Å²) >= 11 is 0. The minimum atomic E-state index is -0.114. The maximum Gasteiger partial charge on any atom is 0.341 e. The standard InChI is InChI=1S/C9H18N2O2/c1-8-6-4-3-5-7-11(8)9(12)10-13-2/h8H,3-7H2,1-2H3,(H,10,12). The zero-order valence-electron chi connectivity index (χ0n) is 8.38. The van der Waals surface area contributed by atoms with Gasteiger partial charge in [0.1, 0.15) is 0 Å². The first-order valence-corrected chi connectivity index (χ1v) is 4.85. The normalized spacial score (nSPS) is 23.8. The fourth-order valence-corrected chi connectivity index (χ4v) is 1.72. The molecule has 2 amide bonds. The minimum Gasteiger partial charge on any atom is -0.320 e. The second-order valence-electron chi connectivity index (χ2n) is 3.50. The van der Waals surface area contributed by atoms with Gasteiger partial charge in [-0.15, -0.1) is 0 Å². The Hall–Kier alpha value is -0.770. The van der Waals surface area contributed by atoms with E-state index in [4.69, 9.17) is 0 Å². The first-order chi connectivity index (χ1) is 6.25. The topological polar surface area (TPSA) is 41.6 Å². The van der Waals surface area contributed by atoms with E-state index in [0.29, 0.717) is 6.04 Å². The van der Waals surface area contributed by atoms with Crippen LogP contribution in [-0.2, 0) is 4.84 Å². The van der Waals surface area contributed by atoms with Crippen LogP contribution in [0.2, 0.25) is 0 Å². The third kappa shape index (κ3) is 2.88. The monoisotopic (exact) mass is 186 g/mol. The molecule has 1 fully saturated rings. The Balaban J connectivity index is 2.48. The fraction of sp³-hybridized carbons (Fsp3) is 0.889. The molecule has 0 aromatic carbocycles. The molecule has 0 bridgehead atoms. The summed E-state index contributed by atoms with van der Waals surface area (Å²) in [6, 6.07) is 0.217. The number of carbonyl (C=O) groups excluding carboxylic acids is 1. The van der Waals surface area contributed by atoms with Crippen molar-refractivity contribution in [2.75, 3.05) is 13.7 Å². The predicted octanol–water partition coefficient (Wildman–Crippen LogP) is 1.52. The Morgan fingerprint density at radius 2 is 2.23 bits per heavy atom. The van der Waals surface area contributed by atoms with Gasteiger partial charge in [0.25, 0.3) is 0 Å². The summed E-state index contributed by atoms with van der Waals surface area (Å²) in [4.78, 5) is 17.9. The van der Waals surface area contributed by atoms with Gasteiger partial charge in [-0.1, -0.05) is 12.8 Å². The summed E-state index contributed by atoms with van der Waals surface area (Å²) in [5.74, 6) is 0. The van der Waals surface area contributed by atoms with Gasteiger partial charge in [0, 0.05) is 12.6 Å². The number of rotatable bonds is 1. The van der Waals surface area contributed by atoms with Gasteiger partial charge in [-0.2, -0.15) is 0 Å². The second kappa shape index (κ2) is 5.07. The summed E-state index contributed by atoms with van der Waals surface area (Å²) in [5.41, 5.74) is 2.36. The summed E-state index contributed by atoms with van der Waals surface area (Å²) in [7, 11) is 1.46. The first-order valence-electron chi connectivity index (χ1n) is 4.85. The highest BCUT2D eigenvalue weighted by Crippen LogP contribution is 2.15. The number of urea groups is 1. The SMILES string of the molecule is CONC(=O)N1CCCCCC1C. The Morgan fingerprint density at radius 1 is 1.46 bits per heavy atom. The van der Waals surface area contributed by atoms with Crippen molar-refractivity contribution in [2.45, 2.75) is 38.6 Å².